The first-order chi connectivity index (χ1) is 20.4. The molecule has 0 radical (unpaired) electrons. The van der Waals surface area contributed by atoms with Gasteiger partial charge in [0, 0.05) is 49.0 Å². The molecule has 1 saturated heterocycles. The zero-order valence-electron chi connectivity index (χ0n) is 24.9. The van der Waals surface area contributed by atoms with E-state index in [1.807, 2.05) is 48.5 Å². The van der Waals surface area contributed by atoms with E-state index in [1.54, 1.807) is 26.0 Å². The number of Topliss-reactive ketones (excluding diaryl/α,β-unsaturated/α-hetero) is 1. The number of ether oxygens (including phenoxy) is 2. The molecule has 0 spiro atoms. The van der Waals surface area contributed by atoms with Crippen molar-refractivity contribution in [2.24, 2.45) is 10.9 Å². The van der Waals surface area contributed by atoms with E-state index in [-0.39, 0.29) is 17.6 Å². The van der Waals surface area contributed by atoms with Crippen LogP contribution in [0.4, 0.5) is 17.1 Å². The van der Waals surface area contributed by atoms with Crippen molar-refractivity contribution in [2.45, 2.75) is 64.0 Å². The second-order valence-corrected chi connectivity index (χ2v) is 11.7. The van der Waals surface area contributed by atoms with Gasteiger partial charge in [-0.25, -0.2) is 0 Å². The van der Waals surface area contributed by atoms with Crippen LogP contribution >= 0.6 is 0 Å². The summed E-state index contributed by atoms with van der Waals surface area (Å²) < 4.78 is 11.4. The van der Waals surface area contributed by atoms with Crippen molar-refractivity contribution >= 4 is 34.5 Å². The first-order valence-electron chi connectivity index (χ1n) is 15.0. The van der Waals surface area contributed by atoms with Crippen molar-refractivity contribution in [3.05, 3.63) is 77.9 Å². The van der Waals surface area contributed by atoms with Crippen LogP contribution in [0.3, 0.4) is 0 Å². The van der Waals surface area contributed by atoms with Gasteiger partial charge in [0.25, 0.3) is 0 Å². The Kier molecular flexibility index (Phi) is 7.76. The van der Waals surface area contributed by atoms with E-state index in [0.29, 0.717) is 36.0 Å². The monoisotopic (exact) mass is 565 g/mol. The molecule has 218 valence electrons. The summed E-state index contributed by atoms with van der Waals surface area (Å²) in [5.74, 6) is 0.839. The fourth-order valence-corrected chi connectivity index (χ4v) is 7.10. The summed E-state index contributed by atoms with van der Waals surface area (Å²) in [4.78, 5) is 37.1. The van der Waals surface area contributed by atoms with E-state index in [1.165, 1.54) is 6.42 Å². The highest BCUT2D eigenvalue weighted by molar-refractivity contribution is 6.13. The molecule has 1 aliphatic carbocycles. The number of ketones is 1. The largest absolute Gasteiger partial charge is 0.497 e. The van der Waals surface area contributed by atoms with Gasteiger partial charge in [0.2, 0.25) is 5.91 Å². The Morgan fingerprint density at radius 2 is 1.74 bits per heavy atom. The second-order valence-electron chi connectivity index (χ2n) is 11.7. The summed E-state index contributed by atoms with van der Waals surface area (Å²) in [6.45, 7) is 4.84. The number of aliphatic imine (C=N–C) groups is 1. The predicted molar refractivity (Wildman–Crippen MR) is 167 cm³/mol. The van der Waals surface area contributed by atoms with Crippen LogP contribution in [-0.4, -0.2) is 44.2 Å². The Balaban J connectivity index is 1.47. The maximum atomic E-state index is 14.3. The molecule has 3 aliphatic rings. The van der Waals surface area contributed by atoms with Crippen molar-refractivity contribution in [3.8, 4) is 11.5 Å². The number of methoxy groups -OCH3 is 2. The average Bonchev–Trinajstić information content (AvgIpc) is 3.15. The highest BCUT2D eigenvalue weighted by Gasteiger charge is 2.46. The molecule has 0 bridgehead atoms. The van der Waals surface area contributed by atoms with Gasteiger partial charge < -0.3 is 19.3 Å². The summed E-state index contributed by atoms with van der Waals surface area (Å²) in [5, 5.41) is 0. The van der Waals surface area contributed by atoms with Gasteiger partial charge in [-0.1, -0.05) is 30.3 Å². The van der Waals surface area contributed by atoms with E-state index < -0.39 is 12.0 Å². The quantitative estimate of drug-likeness (QED) is 0.332. The number of benzene rings is 3. The van der Waals surface area contributed by atoms with Crippen LogP contribution in [-0.2, 0) is 9.59 Å². The van der Waals surface area contributed by atoms with Crippen molar-refractivity contribution < 1.29 is 19.1 Å². The van der Waals surface area contributed by atoms with Gasteiger partial charge >= 0.3 is 0 Å². The molecule has 3 aromatic rings. The first-order valence-corrected chi connectivity index (χ1v) is 15.0. The van der Waals surface area contributed by atoms with Crippen LogP contribution in [0.5, 0.6) is 11.5 Å². The summed E-state index contributed by atoms with van der Waals surface area (Å²) in [7, 11) is 3.32. The zero-order chi connectivity index (χ0) is 29.4. The minimum atomic E-state index is -0.579. The van der Waals surface area contributed by atoms with Crippen molar-refractivity contribution in [1.82, 2.24) is 0 Å². The maximum Gasteiger partial charge on any atom is 0.224 e. The fraction of sp³-hybridized carbons (Fsp3) is 0.400. The van der Waals surface area contributed by atoms with Gasteiger partial charge in [-0.15, -0.1) is 0 Å². The lowest BCUT2D eigenvalue weighted by molar-refractivity contribution is -0.123. The number of amides is 1. The van der Waals surface area contributed by atoms with Crippen LogP contribution in [0, 0.1) is 5.92 Å². The molecule has 2 heterocycles. The van der Waals surface area contributed by atoms with Crippen LogP contribution in [0.15, 0.2) is 71.7 Å². The van der Waals surface area contributed by atoms with Gasteiger partial charge in [0.1, 0.15) is 17.3 Å². The van der Waals surface area contributed by atoms with Crippen LogP contribution in [0.1, 0.15) is 69.0 Å². The Labute approximate surface area is 248 Å². The van der Waals surface area contributed by atoms with E-state index in [9.17, 15) is 9.59 Å². The van der Waals surface area contributed by atoms with Crippen LogP contribution in [0.25, 0.3) is 0 Å². The number of carbonyl (C=O) groups excluding carboxylic acids is 2. The standard InChI is InChI=1S/C35H39N3O4/c1-22-9-7-8-18-37(22)26-14-17-28(33(21-26)42-4)35-34-30(36-29-10-5-6-11-31(29)38(35)23(2)39)19-25(20-32(34)40)24-12-15-27(41-3)16-13-24/h5-6,10-17,21-22,25,34-35H,7-9,18-20H2,1-4H3. The summed E-state index contributed by atoms with van der Waals surface area (Å²) >= 11 is 0. The molecule has 0 N–H and O–H groups in total. The number of rotatable bonds is 5. The number of para-hydroxylation sites is 2. The topological polar surface area (TPSA) is 71.4 Å². The van der Waals surface area contributed by atoms with Crippen molar-refractivity contribution in [2.75, 3.05) is 30.6 Å². The van der Waals surface area contributed by atoms with E-state index in [2.05, 4.69) is 30.0 Å². The van der Waals surface area contributed by atoms with E-state index >= 15 is 0 Å². The molecular weight excluding hydrogens is 526 g/mol. The third kappa shape index (κ3) is 5.06. The normalized spacial score (nSPS) is 23.8. The number of hydrogen-bond donors (Lipinski definition) is 0. The van der Waals surface area contributed by atoms with Crippen LogP contribution < -0.4 is 19.3 Å². The molecule has 42 heavy (non-hydrogen) atoms. The lowest BCUT2D eigenvalue weighted by atomic mass is 9.72. The Bertz CT molecular complexity index is 1510. The molecule has 4 unspecified atom stereocenters. The summed E-state index contributed by atoms with van der Waals surface area (Å²) in [5.41, 5.74) is 5.24. The maximum absolute atomic E-state index is 14.3. The molecule has 0 aromatic heterocycles. The summed E-state index contributed by atoms with van der Waals surface area (Å²) in [6.07, 6.45) is 4.57. The lowest BCUT2D eigenvalue weighted by Crippen LogP contribution is -2.45. The highest BCUT2D eigenvalue weighted by atomic mass is 16.5. The third-order valence-electron chi connectivity index (χ3n) is 9.21. The zero-order valence-corrected chi connectivity index (χ0v) is 24.9. The molecule has 3 aromatic carbocycles. The number of hydrogen-bond acceptors (Lipinski definition) is 6. The predicted octanol–water partition coefficient (Wildman–Crippen LogP) is 7.03. The van der Waals surface area contributed by atoms with Gasteiger partial charge in [0.05, 0.1) is 37.6 Å². The molecule has 4 atom stereocenters. The first kappa shape index (κ1) is 28.0. The summed E-state index contributed by atoms with van der Waals surface area (Å²) in [6, 6.07) is 21.8. The fourth-order valence-electron chi connectivity index (χ4n) is 7.10. The SMILES string of the molecule is COc1ccc(C2CC(=O)C3C(=Nc4ccccc4N(C(C)=O)C3c3ccc(N4CCCCC4C)cc3OC)C2)cc1. The minimum Gasteiger partial charge on any atom is -0.497 e. The average molecular weight is 566 g/mol. The Morgan fingerprint density at radius 1 is 0.952 bits per heavy atom. The molecular formula is C35H39N3O4. The molecule has 7 nitrogen and oxygen atoms in total. The lowest BCUT2D eigenvalue weighted by Gasteiger charge is -2.39. The highest BCUT2D eigenvalue weighted by Crippen LogP contribution is 2.49. The number of anilines is 2. The molecule has 7 heteroatoms. The number of piperidine rings is 1. The minimum absolute atomic E-state index is 0.0000397. The van der Waals surface area contributed by atoms with Gasteiger partial charge in [0.15, 0.2) is 0 Å². The second kappa shape index (κ2) is 11.6. The van der Waals surface area contributed by atoms with E-state index in [0.717, 1.165) is 47.7 Å². The van der Waals surface area contributed by atoms with Gasteiger partial charge in [-0.05, 0) is 74.4 Å². The number of carbonyl (C=O) groups is 2. The van der Waals surface area contributed by atoms with Crippen molar-refractivity contribution in [1.29, 1.82) is 0 Å². The molecule has 2 aliphatic heterocycles. The molecule has 2 fully saturated rings. The molecule has 6 rings (SSSR count). The van der Waals surface area contributed by atoms with E-state index in [4.69, 9.17) is 14.5 Å². The number of nitrogens with zero attached hydrogens (tertiary/aromatic N) is 3. The van der Waals surface area contributed by atoms with Crippen molar-refractivity contribution in [3.63, 3.8) is 0 Å². The molecule has 1 saturated carbocycles. The Morgan fingerprint density at radius 3 is 2.45 bits per heavy atom. The number of fused-ring (bicyclic) bond motifs is 2. The Hall–Kier alpha value is -4.13. The van der Waals surface area contributed by atoms with Gasteiger partial charge in [-0.3, -0.25) is 14.6 Å². The molecule has 1 amide bonds. The third-order valence-corrected chi connectivity index (χ3v) is 9.21. The smallest absolute Gasteiger partial charge is 0.224 e. The van der Waals surface area contributed by atoms with Crippen LogP contribution in [0.2, 0.25) is 0 Å². The van der Waals surface area contributed by atoms with Gasteiger partial charge in [-0.2, -0.15) is 0 Å².